The zero-order valence-electron chi connectivity index (χ0n) is 8.13. The van der Waals surface area contributed by atoms with Crippen LogP contribution >= 0.6 is 0 Å². The lowest BCUT2D eigenvalue weighted by atomic mass is 10.1. The summed E-state index contributed by atoms with van der Waals surface area (Å²) < 4.78 is 0. The summed E-state index contributed by atoms with van der Waals surface area (Å²) in [4.78, 5) is 2.02. The van der Waals surface area contributed by atoms with Crippen molar-refractivity contribution in [1.82, 2.24) is 10.2 Å². The number of hydrogen-bond donors (Lipinski definition) is 4. The summed E-state index contributed by atoms with van der Waals surface area (Å²) in [6.07, 6.45) is -0.131. The SMILES string of the molecule is OC[C@@H]1C[C@@H](O)CN1[C@@H]1CNC[C@H]1O. The molecule has 0 unspecified atom stereocenters. The highest BCUT2D eigenvalue weighted by atomic mass is 16.3. The summed E-state index contributed by atoms with van der Waals surface area (Å²) >= 11 is 0. The lowest BCUT2D eigenvalue weighted by Crippen LogP contribution is -2.47. The molecular weight excluding hydrogens is 184 g/mol. The molecule has 0 amide bonds. The maximum absolute atomic E-state index is 9.68. The fourth-order valence-electron chi connectivity index (χ4n) is 2.49. The minimum absolute atomic E-state index is 0.00421. The van der Waals surface area contributed by atoms with Crippen LogP contribution in [-0.4, -0.2) is 70.8 Å². The molecular formula is C9H18N2O3. The zero-order valence-corrected chi connectivity index (χ0v) is 8.13. The number of β-amino-alcohol motifs (C(OH)–C–C–N with tert-alkyl or cyclic N) is 2. The first kappa shape index (κ1) is 10.3. The molecule has 0 aromatic rings. The lowest BCUT2D eigenvalue weighted by Gasteiger charge is -2.30. The summed E-state index contributed by atoms with van der Waals surface area (Å²) in [7, 11) is 0. The molecule has 5 nitrogen and oxygen atoms in total. The molecule has 2 rings (SSSR count). The first-order valence-corrected chi connectivity index (χ1v) is 5.16. The van der Waals surface area contributed by atoms with Gasteiger partial charge >= 0.3 is 0 Å². The third kappa shape index (κ3) is 1.78. The van der Waals surface area contributed by atoms with Gasteiger partial charge in [-0.3, -0.25) is 4.90 Å². The van der Waals surface area contributed by atoms with Gasteiger partial charge in [-0.1, -0.05) is 0 Å². The van der Waals surface area contributed by atoms with Gasteiger partial charge in [0.15, 0.2) is 0 Å². The van der Waals surface area contributed by atoms with Gasteiger partial charge in [0, 0.05) is 31.7 Å². The molecule has 4 atom stereocenters. The van der Waals surface area contributed by atoms with Crippen LogP contribution in [-0.2, 0) is 0 Å². The molecule has 2 saturated heterocycles. The van der Waals surface area contributed by atoms with E-state index >= 15 is 0 Å². The number of hydrogen-bond acceptors (Lipinski definition) is 5. The fourth-order valence-corrected chi connectivity index (χ4v) is 2.49. The molecule has 2 aliphatic heterocycles. The van der Waals surface area contributed by atoms with E-state index in [1.165, 1.54) is 0 Å². The Bertz CT molecular complexity index is 202. The largest absolute Gasteiger partial charge is 0.395 e. The van der Waals surface area contributed by atoms with Crippen LogP contribution in [0.5, 0.6) is 0 Å². The molecule has 0 bridgehead atoms. The Morgan fingerprint density at radius 3 is 2.64 bits per heavy atom. The van der Waals surface area contributed by atoms with Gasteiger partial charge in [-0.15, -0.1) is 0 Å². The fraction of sp³-hybridized carbons (Fsp3) is 1.00. The van der Waals surface area contributed by atoms with Crippen molar-refractivity contribution in [1.29, 1.82) is 0 Å². The van der Waals surface area contributed by atoms with Crippen molar-refractivity contribution in [2.24, 2.45) is 0 Å². The Labute approximate surface area is 83.3 Å². The smallest absolute Gasteiger partial charge is 0.0832 e. The van der Waals surface area contributed by atoms with Crippen molar-refractivity contribution in [3.63, 3.8) is 0 Å². The van der Waals surface area contributed by atoms with Crippen molar-refractivity contribution >= 4 is 0 Å². The van der Waals surface area contributed by atoms with E-state index in [4.69, 9.17) is 5.11 Å². The van der Waals surface area contributed by atoms with Crippen LogP contribution in [0.3, 0.4) is 0 Å². The molecule has 0 aromatic heterocycles. The topological polar surface area (TPSA) is 76.0 Å². The average molecular weight is 202 g/mol. The van der Waals surface area contributed by atoms with E-state index in [0.717, 1.165) is 6.54 Å². The van der Waals surface area contributed by atoms with Crippen LogP contribution in [0, 0.1) is 0 Å². The first-order chi connectivity index (χ1) is 6.72. The van der Waals surface area contributed by atoms with Crippen LogP contribution in [0.25, 0.3) is 0 Å². The van der Waals surface area contributed by atoms with Crippen molar-refractivity contribution in [3.8, 4) is 0 Å². The van der Waals surface area contributed by atoms with Crippen molar-refractivity contribution in [3.05, 3.63) is 0 Å². The molecule has 0 aliphatic carbocycles. The average Bonchev–Trinajstić information content (AvgIpc) is 2.71. The third-order valence-electron chi connectivity index (χ3n) is 3.22. The van der Waals surface area contributed by atoms with Crippen LogP contribution in [0.2, 0.25) is 0 Å². The molecule has 0 radical (unpaired) electrons. The number of rotatable bonds is 2. The Hall–Kier alpha value is -0.200. The summed E-state index contributed by atoms with van der Waals surface area (Å²) in [5.74, 6) is 0. The third-order valence-corrected chi connectivity index (χ3v) is 3.22. The number of aliphatic hydroxyl groups excluding tert-OH is 3. The van der Waals surface area contributed by atoms with E-state index in [9.17, 15) is 10.2 Å². The maximum atomic E-state index is 9.68. The molecule has 2 fully saturated rings. The van der Waals surface area contributed by atoms with E-state index in [1.54, 1.807) is 0 Å². The van der Waals surface area contributed by atoms with Gasteiger partial charge in [0.25, 0.3) is 0 Å². The van der Waals surface area contributed by atoms with E-state index in [-0.39, 0.29) is 30.9 Å². The van der Waals surface area contributed by atoms with Crippen LogP contribution < -0.4 is 5.32 Å². The number of aliphatic hydroxyl groups is 3. The van der Waals surface area contributed by atoms with Gasteiger partial charge in [0.05, 0.1) is 18.8 Å². The summed E-state index contributed by atoms with van der Waals surface area (Å²) in [6, 6.07) is 0.0499. The van der Waals surface area contributed by atoms with E-state index < -0.39 is 0 Å². The Balaban J connectivity index is 2.01. The molecule has 14 heavy (non-hydrogen) atoms. The van der Waals surface area contributed by atoms with Gasteiger partial charge in [-0.2, -0.15) is 0 Å². The highest BCUT2D eigenvalue weighted by molar-refractivity contribution is 4.96. The summed E-state index contributed by atoms with van der Waals surface area (Å²) in [5.41, 5.74) is 0. The van der Waals surface area contributed by atoms with Crippen molar-refractivity contribution in [2.75, 3.05) is 26.2 Å². The van der Waals surface area contributed by atoms with Crippen molar-refractivity contribution < 1.29 is 15.3 Å². The van der Waals surface area contributed by atoms with Crippen molar-refractivity contribution in [2.45, 2.75) is 30.7 Å². The quantitative estimate of drug-likeness (QED) is 0.407. The second-order valence-corrected chi connectivity index (χ2v) is 4.22. The van der Waals surface area contributed by atoms with E-state index in [0.29, 0.717) is 19.5 Å². The van der Waals surface area contributed by atoms with Gasteiger partial charge in [-0.05, 0) is 6.42 Å². The molecule has 5 heteroatoms. The number of nitrogens with zero attached hydrogens (tertiary/aromatic N) is 1. The second-order valence-electron chi connectivity index (χ2n) is 4.22. The normalized spacial score (nSPS) is 44.8. The highest BCUT2D eigenvalue weighted by Gasteiger charge is 2.39. The Kier molecular flexibility index (Phi) is 3.04. The van der Waals surface area contributed by atoms with Crippen LogP contribution in [0.15, 0.2) is 0 Å². The minimum Gasteiger partial charge on any atom is -0.395 e. The van der Waals surface area contributed by atoms with Gasteiger partial charge in [0.2, 0.25) is 0 Å². The molecule has 4 N–H and O–H groups in total. The lowest BCUT2D eigenvalue weighted by molar-refractivity contribution is 0.0521. The van der Waals surface area contributed by atoms with E-state index in [2.05, 4.69) is 5.32 Å². The first-order valence-electron chi connectivity index (χ1n) is 5.16. The highest BCUT2D eigenvalue weighted by Crippen LogP contribution is 2.23. The van der Waals surface area contributed by atoms with Crippen LogP contribution in [0.4, 0.5) is 0 Å². The van der Waals surface area contributed by atoms with Gasteiger partial charge in [0.1, 0.15) is 0 Å². The van der Waals surface area contributed by atoms with Gasteiger partial charge < -0.3 is 20.6 Å². The predicted octanol–water partition coefficient (Wildman–Crippen LogP) is -2.25. The molecule has 82 valence electrons. The second kappa shape index (κ2) is 4.12. The summed E-state index contributed by atoms with van der Waals surface area (Å²) in [6.45, 7) is 1.97. The monoisotopic (exact) mass is 202 g/mol. The minimum atomic E-state index is -0.380. The Morgan fingerprint density at radius 1 is 1.29 bits per heavy atom. The molecule has 0 saturated carbocycles. The number of likely N-dealkylation sites (tertiary alicyclic amines) is 1. The Morgan fingerprint density at radius 2 is 2.07 bits per heavy atom. The molecule has 0 aromatic carbocycles. The predicted molar refractivity (Wildman–Crippen MR) is 50.9 cm³/mol. The van der Waals surface area contributed by atoms with Gasteiger partial charge in [-0.25, -0.2) is 0 Å². The maximum Gasteiger partial charge on any atom is 0.0832 e. The van der Waals surface area contributed by atoms with E-state index in [1.807, 2.05) is 4.90 Å². The molecule has 2 heterocycles. The number of nitrogens with one attached hydrogen (secondary N) is 1. The molecule has 2 aliphatic rings. The zero-order chi connectivity index (χ0) is 10.1. The standard InChI is InChI=1S/C9H18N2O3/c12-5-6-1-7(13)4-11(6)8-2-10-3-9(8)14/h6-10,12-14H,1-5H2/t6-,7+,8+,9+/m0/s1. The molecule has 0 spiro atoms. The van der Waals surface area contributed by atoms with Crippen LogP contribution in [0.1, 0.15) is 6.42 Å². The summed E-state index contributed by atoms with van der Waals surface area (Å²) in [5, 5.41) is 31.4.